The van der Waals surface area contributed by atoms with E-state index in [4.69, 9.17) is 4.74 Å². The number of aryl methyl sites for hydroxylation is 1. The normalized spacial score (nSPS) is 12.9. The van der Waals surface area contributed by atoms with Gasteiger partial charge in [0.05, 0.1) is 0 Å². The molecule has 2 nitrogen and oxygen atoms in total. The van der Waals surface area contributed by atoms with Crippen molar-refractivity contribution in [3.63, 3.8) is 0 Å². The van der Waals surface area contributed by atoms with Crippen LogP contribution in [0.3, 0.4) is 0 Å². The molecule has 0 aromatic heterocycles. The van der Waals surface area contributed by atoms with Crippen molar-refractivity contribution in [2.24, 2.45) is 0 Å². The lowest BCUT2D eigenvalue weighted by Gasteiger charge is -2.17. The Labute approximate surface area is 105 Å². The van der Waals surface area contributed by atoms with E-state index in [1.54, 1.807) is 0 Å². The summed E-state index contributed by atoms with van der Waals surface area (Å²) in [4.78, 5) is 0. The first-order valence-electron chi connectivity index (χ1n) is 6.27. The number of hydrogen-bond donors (Lipinski definition) is 1. The molecule has 0 amide bonds. The SMILES string of the molecule is C/C=C/COc1cc(C)ccc1C(C)NCC. The fourth-order valence-corrected chi connectivity index (χ4v) is 1.77. The summed E-state index contributed by atoms with van der Waals surface area (Å²) in [5, 5.41) is 3.41. The number of rotatable bonds is 6. The Balaban J connectivity index is 2.86. The summed E-state index contributed by atoms with van der Waals surface area (Å²) < 4.78 is 5.80. The minimum absolute atomic E-state index is 0.321. The van der Waals surface area contributed by atoms with Gasteiger partial charge in [0.2, 0.25) is 0 Å². The summed E-state index contributed by atoms with van der Waals surface area (Å²) in [6.07, 6.45) is 4.02. The number of nitrogens with one attached hydrogen (secondary N) is 1. The highest BCUT2D eigenvalue weighted by Crippen LogP contribution is 2.26. The molecule has 94 valence electrons. The molecule has 1 aromatic carbocycles. The van der Waals surface area contributed by atoms with Crippen LogP contribution in [0.15, 0.2) is 30.4 Å². The Kier molecular flexibility index (Phi) is 5.78. The van der Waals surface area contributed by atoms with Gasteiger partial charge in [-0.05, 0) is 38.9 Å². The van der Waals surface area contributed by atoms with Gasteiger partial charge in [-0.25, -0.2) is 0 Å². The molecule has 0 heterocycles. The third kappa shape index (κ3) is 4.23. The lowest BCUT2D eigenvalue weighted by molar-refractivity contribution is 0.353. The lowest BCUT2D eigenvalue weighted by atomic mass is 10.0. The maximum atomic E-state index is 5.80. The van der Waals surface area contributed by atoms with E-state index in [1.807, 2.05) is 19.1 Å². The van der Waals surface area contributed by atoms with Crippen molar-refractivity contribution in [3.05, 3.63) is 41.5 Å². The summed E-state index contributed by atoms with van der Waals surface area (Å²) in [5.74, 6) is 0.983. The van der Waals surface area contributed by atoms with Gasteiger partial charge in [0, 0.05) is 11.6 Å². The van der Waals surface area contributed by atoms with Gasteiger partial charge in [0.1, 0.15) is 12.4 Å². The monoisotopic (exact) mass is 233 g/mol. The van der Waals surface area contributed by atoms with Gasteiger partial charge in [0.15, 0.2) is 0 Å². The zero-order valence-corrected chi connectivity index (χ0v) is 11.3. The molecular formula is C15H23NO. The number of ether oxygens (including phenoxy) is 1. The second kappa shape index (κ2) is 7.13. The molecule has 0 radical (unpaired) electrons. The Morgan fingerprint density at radius 2 is 2.18 bits per heavy atom. The van der Waals surface area contributed by atoms with Crippen molar-refractivity contribution >= 4 is 0 Å². The van der Waals surface area contributed by atoms with E-state index in [1.165, 1.54) is 11.1 Å². The van der Waals surface area contributed by atoms with Crippen molar-refractivity contribution in [1.82, 2.24) is 5.32 Å². The molecule has 0 bridgehead atoms. The first-order chi connectivity index (χ1) is 8.19. The molecule has 17 heavy (non-hydrogen) atoms. The standard InChI is InChI=1S/C15H23NO/c1-5-7-10-17-15-11-12(3)8-9-14(15)13(4)16-6-2/h5,7-9,11,13,16H,6,10H2,1-4H3/b7-5+. The third-order valence-electron chi connectivity index (χ3n) is 2.72. The summed E-state index contributed by atoms with van der Waals surface area (Å²) in [6.45, 7) is 9.96. The predicted octanol–water partition coefficient (Wildman–Crippen LogP) is 3.62. The third-order valence-corrected chi connectivity index (χ3v) is 2.72. The van der Waals surface area contributed by atoms with Gasteiger partial charge in [-0.2, -0.15) is 0 Å². The Morgan fingerprint density at radius 3 is 2.82 bits per heavy atom. The van der Waals surface area contributed by atoms with Crippen LogP contribution in [0.2, 0.25) is 0 Å². The molecule has 0 aliphatic rings. The van der Waals surface area contributed by atoms with Crippen LogP contribution in [0.25, 0.3) is 0 Å². The Morgan fingerprint density at radius 1 is 1.41 bits per heavy atom. The van der Waals surface area contributed by atoms with E-state index in [2.05, 4.69) is 44.3 Å². The minimum atomic E-state index is 0.321. The van der Waals surface area contributed by atoms with E-state index >= 15 is 0 Å². The van der Waals surface area contributed by atoms with E-state index in [-0.39, 0.29) is 0 Å². The lowest BCUT2D eigenvalue weighted by Crippen LogP contribution is -2.18. The van der Waals surface area contributed by atoms with Crippen LogP contribution in [-0.2, 0) is 0 Å². The van der Waals surface area contributed by atoms with Crippen molar-refractivity contribution in [2.45, 2.75) is 33.7 Å². The smallest absolute Gasteiger partial charge is 0.124 e. The van der Waals surface area contributed by atoms with E-state index in [9.17, 15) is 0 Å². The highest BCUT2D eigenvalue weighted by atomic mass is 16.5. The van der Waals surface area contributed by atoms with Crippen LogP contribution in [0, 0.1) is 6.92 Å². The first-order valence-corrected chi connectivity index (χ1v) is 6.27. The van der Waals surface area contributed by atoms with Crippen molar-refractivity contribution in [1.29, 1.82) is 0 Å². The molecule has 0 aliphatic carbocycles. The van der Waals surface area contributed by atoms with Crippen LogP contribution in [0.5, 0.6) is 5.75 Å². The molecular weight excluding hydrogens is 210 g/mol. The molecule has 0 fully saturated rings. The topological polar surface area (TPSA) is 21.3 Å². The second-order valence-corrected chi connectivity index (χ2v) is 4.20. The minimum Gasteiger partial charge on any atom is -0.489 e. The molecule has 1 rings (SSSR count). The number of benzene rings is 1. The molecule has 1 atom stereocenters. The van der Waals surface area contributed by atoms with Crippen LogP contribution in [0.1, 0.15) is 37.9 Å². The van der Waals surface area contributed by atoms with E-state index < -0.39 is 0 Å². The van der Waals surface area contributed by atoms with Crippen LogP contribution < -0.4 is 10.1 Å². The molecule has 2 heteroatoms. The van der Waals surface area contributed by atoms with Crippen LogP contribution in [0.4, 0.5) is 0 Å². The summed E-state index contributed by atoms with van der Waals surface area (Å²) in [7, 11) is 0. The molecule has 1 N–H and O–H groups in total. The maximum absolute atomic E-state index is 5.80. The Bertz CT molecular complexity index is 371. The predicted molar refractivity (Wildman–Crippen MR) is 73.6 cm³/mol. The van der Waals surface area contributed by atoms with Crippen LogP contribution >= 0.6 is 0 Å². The Hall–Kier alpha value is -1.28. The number of allylic oxidation sites excluding steroid dienone is 1. The van der Waals surface area contributed by atoms with Gasteiger partial charge >= 0.3 is 0 Å². The van der Waals surface area contributed by atoms with Gasteiger partial charge in [-0.3, -0.25) is 0 Å². The summed E-state index contributed by atoms with van der Waals surface area (Å²) >= 11 is 0. The van der Waals surface area contributed by atoms with E-state index in [0.29, 0.717) is 12.6 Å². The van der Waals surface area contributed by atoms with Gasteiger partial charge in [-0.1, -0.05) is 31.2 Å². The number of hydrogen-bond acceptors (Lipinski definition) is 2. The average molecular weight is 233 g/mol. The first kappa shape index (κ1) is 13.8. The van der Waals surface area contributed by atoms with Crippen molar-refractivity contribution in [3.8, 4) is 5.75 Å². The molecule has 1 unspecified atom stereocenters. The van der Waals surface area contributed by atoms with Gasteiger partial charge in [0.25, 0.3) is 0 Å². The molecule has 0 saturated heterocycles. The van der Waals surface area contributed by atoms with E-state index in [0.717, 1.165) is 12.3 Å². The molecule has 0 spiro atoms. The maximum Gasteiger partial charge on any atom is 0.124 e. The highest BCUT2D eigenvalue weighted by Gasteiger charge is 2.10. The molecule has 0 saturated carbocycles. The zero-order chi connectivity index (χ0) is 12.7. The average Bonchev–Trinajstić information content (AvgIpc) is 2.30. The van der Waals surface area contributed by atoms with Gasteiger partial charge < -0.3 is 10.1 Å². The summed E-state index contributed by atoms with van der Waals surface area (Å²) in [5.41, 5.74) is 2.45. The summed E-state index contributed by atoms with van der Waals surface area (Å²) in [6, 6.07) is 6.70. The zero-order valence-electron chi connectivity index (χ0n) is 11.3. The van der Waals surface area contributed by atoms with Gasteiger partial charge in [-0.15, -0.1) is 0 Å². The second-order valence-electron chi connectivity index (χ2n) is 4.20. The molecule has 0 aliphatic heterocycles. The fourth-order valence-electron chi connectivity index (χ4n) is 1.77. The van der Waals surface area contributed by atoms with Crippen LogP contribution in [-0.4, -0.2) is 13.2 Å². The van der Waals surface area contributed by atoms with Crippen molar-refractivity contribution in [2.75, 3.05) is 13.2 Å². The highest BCUT2D eigenvalue weighted by molar-refractivity contribution is 5.39. The molecule has 1 aromatic rings. The quantitative estimate of drug-likeness (QED) is 0.758. The fraction of sp³-hybridized carbons (Fsp3) is 0.467. The largest absolute Gasteiger partial charge is 0.489 e. The van der Waals surface area contributed by atoms with Crippen molar-refractivity contribution < 1.29 is 4.74 Å².